The summed E-state index contributed by atoms with van der Waals surface area (Å²) < 4.78 is 12.5. The monoisotopic (exact) mass is 397 g/mol. The number of halogens is 1. The van der Waals surface area contributed by atoms with E-state index >= 15 is 0 Å². The molecule has 0 aliphatic rings. The molecule has 0 amide bonds. The minimum atomic E-state index is 0.225. The van der Waals surface area contributed by atoms with Gasteiger partial charge in [-0.3, -0.25) is 0 Å². The van der Waals surface area contributed by atoms with Crippen LogP contribution < -0.4 is 14.8 Å². The highest BCUT2D eigenvalue weighted by Crippen LogP contribution is 2.30. The van der Waals surface area contributed by atoms with Crippen LogP contribution in [0.1, 0.15) is 24.1 Å². The van der Waals surface area contributed by atoms with E-state index in [9.17, 15) is 0 Å². The summed E-state index contributed by atoms with van der Waals surface area (Å²) in [7, 11) is 3.61. The fourth-order valence-electron chi connectivity index (χ4n) is 2.02. The van der Waals surface area contributed by atoms with E-state index in [1.807, 2.05) is 25.2 Å². The Labute approximate surface area is 139 Å². The fourth-order valence-corrected chi connectivity index (χ4v) is 2.38. The first-order valence-electron chi connectivity index (χ1n) is 6.86. The van der Waals surface area contributed by atoms with Crippen molar-refractivity contribution in [3.63, 3.8) is 0 Å². The Morgan fingerprint density at radius 1 is 1.14 bits per heavy atom. The van der Waals surface area contributed by atoms with Gasteiger partial charge in [0, 0.05) is 21.2 Å². The van der Waals surface area contributed by atoms with Crippen molar-refractivity contribution in [1.82, 2.24) is 5.32 Å². The summed E-state index contributed by atoms with van der Waals surface area (Å²) in [6.45, 7) is 2.66. The highest BCUT2D eigenvalue weighted by molar-refractivity contribution is 14.1. The van der Waals surface area contributed by atoms with Crippen LogP contribution in [-0.4, -0.2) is 14.2 Å². The molecule has 0 saturated carbocycles. The maximum Gasteiger partial charge on any atom is 0.128 e. The minimum Gasteiger partial charge on any atom is -0.497 e. The number of rotatable bonds is 6. The lowest BCUT2D eigenvalue weighted by atomic mass is 10.1. The van der Waals surface area contributed by atoms with Crippen LogP contribution >= 0.6 is 22.6 Å². The Balaban J connectivity index is 2.18. The Bertz CT molecular complexity index is 584. The lowest BCUT2D eigenvalue weighted by Crippen LogP contribution is -2.13. The van der Waals surface area contributed by atoms with Gasteiger partial charge in [0.05, 0.1) is 7.11 Å². The quantitative estimate of drug-likeness (QED) is 0.743. The zero-order valence-electron chi connectivity index (χ0n) is 12.5. The van der Waals surface area contributed by atoms with Gasteiger partial charge in [-0.05, 0) is 60.3 Å². The first kappa shape index (κ1) is 16.1. The molecule has 0 aromatic heterocycles. The molecule has 0 aliphatic carbocycles. The van der Waals surface area contributed by atoms with Crippen LogP contribution in [0, 0.1) is 3.57 Å². The second kappa shape index (κ2) is 7.66. The van der Waals surface area contributed by atoms with Gasteiger partial charge in [0.1, 0.15) is 18.1 Å². The predicted octanol–water partition coefficient (Wildman–Crippen LogP) is 4.16. The van der Waals surface area contributed by atoms with Crippen molar-refractivity contribution in [3.8, 4) is 11.5 Å². The first-order chi connectivity index (χ1) is 10.1. The summed E-state index contributed by atoms with van der Waals surface area (Å²) in [5.74, 6) is 1.66. The van der Waals surface area contributed by atoms with Crippen molar-refractivity contribution in [2.75, 3.05) is 14.2 Å². The smallest absolute Gasteiger partial charge is 0.128 e. The summed E-state index contributed by atoms with van der Waals surface area (Å²) in [6.07, 6.45) is 0. The van der Waals surface area contributed by atoms with E-state index < -0.39 is 0 Å². The molecule has 0 aliphatic heterocycles. The molecule has 3 nitrogen and oxygen atoms in total. The van der Waals surface area contributed by atoms with Crippen molar-refractivity contribution in [1.29, 1.82) is 0 Å². The third kappa shape index (κ3) is 4.35. The molecule has 1 unspecified atom stereocenters. The van der Waals surface area contributed by atoms with E-state index in [4.69, 9.17) is 9.47 Å². The van der Waals surface area contributed by atoms with Crippen molar-refractivity contribution < 1.29 is 9.47 Å². The van der Waals surface area contributed by atoms with Crippen molar-refractivity contribution in [3.05, 3.63) is 57.2 Å². The zero-order valence-corrected chi connectivity index (χ0v) is 14.7. The summed E-state index contributed by atoms with van der Waals surface area (Å²) in [6, 6.07) is 14.5. The molecule has 2 rings (SSSR count). The molecule has 1 N–H and O–H groups in total. The molecule has 2 aromatic carbocycles. The van der Waals surface area contributed by atoms with Gasteiger partial charge in [0.2, 0.25) is 0 Å². The van der Waals surface area contributed by atoms with E-state index in [0.717, 1.165) is 22.6 Å². The van der Waals surface area contributed by atoms with Crippen LogP contribution in [-0.2, 0) is 6.61 Å². The SMILES string of the molecule is CNC(C)c1ccc(OC)cc1OCc1ccc(I)cc1. The number of nitrogens with one attached hydrogen (secondary N) is 1. The van der Waals surface area contributed by atoms with Gasteiger partial charge >= 0.3 is 0 Å². The number of hydrogen-bond donors (Lipinski definition) is 1. The molecule has 0 heterocycles. The molecule has 21 heavy (non-hydrogen) atoms. The van der Waals surface area contributed by atoms with Gasteiger partial charge in [-0.2, -0.15) is 0 Å². The Morgan fingerprint density at radius 3 is 2.48 bits per heavy atom. The molecule has 2 aromatic rings. The number of methoxy groups -OCH3 is 1. The van der Waals surface area contributed by atoms with Crippen molar-refractivity contribution in [2.24, 2.45) is 0 Å². The van der Waals surface area contributed by atoms with Gasteiger partial charge in [-0.15, -0.1) is 0 Å². The van der Waals surface area contributed by atoms with E-state index in [1.54, 1.807) is 7.11 Å². The molecule has 0 fully saturated rings. The van der Waals surface area contributed by atoms with Gasteiger partial charge in [-0.1, -0.05) is 18.2 Å². The third-order valence-electron chi connectivity index (χ3n) is 3.43. The van der Waals surface area contributed by atoms with Crippen LogP contribution in [0.4, 0.5) is 0 Å². The predicted molar refractivity (Wildman–Crippen MR) is 94.0 cm³/mol. The van der Waals surface area contributed by atoms with E-state index in [0.29, 0.717) is 6.61 Å². The molecular weight excluding hydrogens is 377 g/mol. The van der Waals surface area contributed by atoms with E-state index in [1.165, 1.54) is 3.57 Å². The lowest BCUT2D eigenvalue weighted by Gasteiger charge is -2.17. The molecule has 4 heteroatoms. The summed E-state index contributed by atoms with van der Waals surface area (Å²) in [5, 5.41) is 3.24. The van der Waals surface area contributed by atoms with E-state index in [2.05, 4.69) is 59.1 Å². The largest absolute Gasteiger partial charge is 0.497 e. The molecule has 0 spiro atoms. The van der Waals surface area contributed by atoms with Crippen LogP contribution in [0.25, 0.3) is 0 Å². The van der Waals surface area contributed by atoms with Gasteiger partial charge in [0.15, 0.2) is 0 Å². The van der Waals surface area contributed by atoms with Crippen LogP contribution in [0.2, 0.25) is 0 Å². The second-order valence-corrected chi connectivity index (χ2v) is 6.07. The molecular formula is C17H20INO2. The molecule has 1 atom stereocenters. The summed E-state index contributed by atoms with van der Waals surface area (Å²) in [5.41, 5.74) is 2.28. The normalized spacial score (nSPS) is 12.0. The topological polar surface area (TPSA) is 30.5 Å². The van der Waals surface area contributed by atoms with Gasteiger partial charge < -0.3 is 14.8 Å². The standard InChI is InChI=1S/C17H20INO2/c1-12(19-2)16-9-8-15(20-3)10-17(16)21-11-13-4-6-14(18)7-5-13/h4-10,12,19H,11H2,1-3H3. The number of benzene rings is 2. The maximum atomic E-state index is 6.01. The Kier molecular flexibility index (Phi) is 5.87. The maximum absolute atomic E-state index is 6.01. The Hall–Kier alpha value is -1.27. The molecule has 0 bridgehead atoms. The van der Waals surface area contributed by atoms with Crippen molar-refractivity contribution >= 4 is 22.6 Å². The molecule has 112 valence electrons. The van der Waals surface area contributed by atoms with Crippen LogP contribution in [0.3, 0.4) is 0 Å². The fraction of sp³-hybridized carbons (Fsp3) is 0.294. The number of hydrogen-bond acceptors (Lipinski definition) is 3. The highest BCUT2D eigenvalue weighted by Gasteiger charge is 2.11. The highest BCUT2D eigenvalue weighted by atomic mass is 127. The summed E-state index contributed by atoms with van der Waals surface area (Å²) >= 11 is 2.30. The van der Waals surface area contributed by atoms with Crippen LogP contribution in [0.15, 0.2) is 42.5 Å². The first-order valence-corrected chi connectivity index (χ1v) is 7.94. The second-order valence-electron chi connectivity index (χ2n) is 4.83. The van der Waals surface area contributed by atoms with E-state index in [-0.39, 0.29) is 6.04 Å². The van der Waals surface area contributed by atoms with Crippen molar-refractivity contribution in [2.45, 2.75) is 19.6 Å². The van der Waals surface area contributed by atoms with Crippen LogP contribution in [0.5, 0.6) is 11.5 Å². The third-order valence-corrected chi connectivity index (χ3v) is 4.15. The minimum absolute atomic E-state index is 0.225. The van der Waals surface area contributed by atoms with Gasteiger partial charge in [-0.25, -0.2) is 0 Å². The van der Waals surface area contributed by atoms with Gasteiger partial charge in [0.25, 0.3) is 0 Å². The average molecular weight is 397 g/mol. The molecule has 0 saturated heterocycles. The molecule has 0 radical (unpaired) electrons. The zero-order chi connectivity index (χ0) is 15.2. The summed E-state index contributed by atoms with van der Waals surface area (Å²) in [4.78, 5) is 0. The Morgan fingerprint density at radius 2 is 1.86 bits per heavy atom. The lowest BCUT2D eigenvalue weighted by molar-refractivity contribution is 0.297. The average Bonchev–Trinajstić information content (AvgIpc) is 2.53. The number of ether oxygens (including phenoxy) is 2.